The zero-order valence-corrected chi connectivity index (χ0v) is 11.9. The normalized spacial score (nSPS) is 20.5. The van der Waals surface area contributed by atoms with Crippen LogP contribution in [-0.4, -0.2) is 24.9 Å². The van der Waals surface area contributed by atoms with Gasteiger partial charge >= 0.3 is 0 Å². The Morgan fingerprint density at radius 2 is 2.05 bits per heavy atom. The third-order valence-corrected chi connectivity index (χ3v) is 3.49. The SMILES string of the molecule is COCc1cccc(OC2COc3ccccc3C2O)c1. The molecule has 1 aliphatic rings. The van der Waals surface area contributed by atoms with Crippen molar-refractivity contribution in [3.05, 3.63) is 59.7 Å². The molecule has 2 aromatic carbocycles. The number of aliphatic hydroxyl groups is 1. The van der Waals surface area contributed by atoms with Crippen molar-refractivity contribution >= 4 is 0 Å². The minimum atomic E-state index is -0.693. The van der Waals surface area contributed by atoms with Crippen molar-refractivity contribution in [2.45, 2.75) is 18.8 Å². The number of fused-ring (bicyclic) bond motifs is 1. The molecule has 2 atom stereocenters. The number of hydrogen-bond donors (Lipinski definition) is 1. The summed E-state index contributed by atoms with van der Waals surface area (Å²) >= 11 is 0. The highest BCUT2D eigenvalue weighted by Gasteiger charge is 2.30. The van der Waals surface area contributed by atoms with Crippen molar-refractivity contribution in [1.29, 1.82) is 0 Å². The van der Waals surface area contributed by atoms with Crippen LogP contribution in [0.1, 0.15) is 17.2 Å². The van der Waals surface area contributed by atoms with Crippen LogP contribution in [0.3, 0.4) is 0 Å². The van der Waals surface area contributed by atoms with Gasteiger partial charge in [0.25, 0.3) is 0 Å². The summed E-state index contributed by atoms with van der Waals surface area (Å²) in [7, 11) is 1.66. The van der Waals surface area contributed by atoms with Gasteiger partial charge in [-0.2, -0.15) is 0 Å². The van der Waals surface area contributed by atoms with E-state index in [0.29, 0.717) is 19.0 Å². The predicted molar refractivity (Wildman–Crippen MR) is 78.5 cm³/mol. The van der Waals surface area contributed by atoms with Gasteiger partial charge in [-0.25, -0.2) is 0 Å². The van der Waals surface area contributed by atoms with Crippen molar-refractivity contribution in [1.82, 2.24) is 0 Å². The largest absolute Gasteiger partial charge is 0.489 e. The minimum Gasteiger partial charge on any atom is -0.489 e. The molecule has 3 rings (SSSR count). The maximum Gasteiger partial charge on any atom is 0.163 e. The monoisotopic (exact) mass is 286 g/mol. The molecule has 0 bridgehead atoms. The Kier molecular flexibility index (Phi) is 4.08. The molecule has 2 unspecified atom stereocenters. The van der Waals surface area contributed by atoms with Gasteiger partial charge in [-0.15, -0.1) is 0 Å². The number of rotatable bonds is 4. The summed E-state index contributed by atoms with van der Waals surface area (Å²) in [5, 5.41) is 10.4. The van der Waals surface area contributed by atoms with E-state index in [-0.39, 0.29) is 0 Å². The van der Waals surface area contributed by atoms with Crippen LogP contribution >= 0.6 is 0 Å². The van der Waals surface area contributed by atoms with Gasteiger partial charge in [0.2, 0.25) is 0 Å². The van der Waals surface area contributed by atoms with Gasteiger partial charge in [0.15, 0.2) is 6.10 Å². The highest BCUT2D eigenvalue weighted by atomic mass is 16.5. The Morgan fingerprint density at radius 3 is 2.90 bits per heavy atom. The second-order valence-corrected chi connectivity index (χ2v) is 5.03. The lowest BCUT2D eigenvalue weighted by Crippen LogP contribution is -2.35. The van der Waals surface area contributed by atoms with Gasteiger partial charge in [0, 0.05) is 12.7 Å². The molecule has 0 aliphatic carbocycles. The Morgan fingerprint density at radius 1 is 1.19 bits per heavy atom. The summed E-state index contributed by atoms with van der Waals surface area (Å²) in [6, 6.07) is 15.1. The summed E-state index contributed by atoms with van der Waals surface area (Å²) in [4.78, 5) is 0. The molecule has 1 aliphatic heterocycles. The fourth-order valence-corrected chi connectivity index (χ4v) is 2.47. The van der Waals surface area contributed by atoms with E-state index in [9.17, 15) is 5.11 Å². The van der Waals surface area contributed by atoms with E-state index < -0.39 is 12.2 Å². The fraction of sp³-hybridized carbons (Fsp3) is 0.294. The van der Waals surface area contributed by atoms with Gasteiger partial charge in [-0.1, -0.05) is 30.3 Å². The highest BCUT2D eigenvalue weighted by molar-refractivity contribution is 5.38. The van der Waals surface area contributed by atoms with Crippen LogP contribution in [-0.2, 0) is 11.3 Å². The van der Waals surface area contributed by atoms with E-state index in [4.69, 9.17) is 14.2 Å². The van der Waals surface area contributed by atoms with E-state index in [2.05, 4.69) is 0 Å². The third kappa shape index (κ3) is 3.01. The van der Waals surface area contributed by atoms with E-state index in [0.717, 1.165) is 16.9 Å². The Hall–Kier alpha value is -2.04. The number of ether oxygens (including phenoxy) is 3. The lowest BCUT2D eigenvalue weighted by atomic mass is 10.0. The van der Waals surface area contributed by atoms with Gasteiger partial charge in [0.05, 0.1) is 6.61 Å². The average molecular weight is 286 g/mol. The van der Waals surface area contributed by atoms with Gasteiger partial charge in [0.1, 0.15) is 24.2 Å². The number of hydrogen-bond acceptors (Lipinski definition) is 4. The summed E-state index contributed by atoms with van der Waals surface area (Å²) in [5.41, 5.74) is 1.79. The molecule has 0 saturated carbocycles. The molecule has 4 heteroatoms. The molecule has 4 nitrogen and oxygen atoms in total. The topological polar surface area (TPSA) is 47.9 Å². The number of aliphatic hydroxyl groups excluding tert-OH is 1. The zero-order valence-electron chi connectivity index (χ0n) is 11.9. The predicted octanol–water partition coefficient (Wildman–Crippen LogP) is 2.71. The van der Waals surface area contributed by atoms with Crippen molar-refractivity contribution in [2.24, 2.45) is 0 Å². The van der Waals surface area contributed by atoms with Crippen LogP contribution in [0.2, 0.25) is 0 Å². The lowest BCUT2D eigenvalue weighted by Gasteiger charge is -2.30. The molecule has 0 spiro atoms. The molecular formula is C17H18O4. The fourth-order valence-electron chi connectivity index (χ4n) is 2.47. The van der Waals surface area contributed by atoms with Crippen molar-refractivity contribution in [2.75, 3.05) is 13.7 Å². The van der Waals surface area contributed by atoms with Crippen molar-refractivity contribution in [3.63, 3.8) is 0 Å². The average Bonchev–Trinajstić information content (AvgIpc) is 2.51. The Balaban J connectivity index is 1.75. The smallest absolute Gasteiger partial charge is 0.163 e. The zero-order chi connectivity index (χ0) is 14.7. The standard InChI is InChI=1S/C17H18O4/c1-19-10-12-5-4-6-13(9-12)21-16-11-20-15-8-3-2-7-14(15)17(16)18/h2-9,16-18H,10-11H2,1H3. The lowest BCUT2D eigenvalue weighted by molar-refractivity contribution is -0.0103. The van der Waals surface area contributed by atoms with E-state index in [1.54, 1.807) is 7.11 Å². The molecule has 2 aromatic rings. The van der Waals surface area contributed by atoms with Crippen LogP contribution in [0.15, 0.2) is 48.5 Å². The van der Waals surface area contributed by atoms with Crippen LogP contribution < -0.4 is 9.47 Å². The van der Waals surface area contributed by atoms with E-state index in [1.807, 2.05) is 48.5 Å². The van der Waals surface area contributed by atoms with E-state index >= 15 is 0 Å². The molecule has 0 amide bonds. The molecular weight excluding hydrogens is 268 g/mol. The Labute approximate surface area is 123 Å². The summed E-state index contributed by atoms with van der Waals surface area (Å²) in [6.45, 7) is 0.858. The maximum atomic E-state index is 10.4. The number of methoxy groups -OCH3 is 1. The molecule has 0 aromatic heterocycles. The Bertz CT molecular complexity index is 611. The molecule has 110 valence electrons. The van der Waals surface area contributed by atoms with E-state index in [1.165, 1.54) is 0 Å². The quantitative estimate of drug-likeness (QED) is 0.939. The summed E-state index contributed by atoms with van der Waals surface area (Å²) in [6.07, 6.45) is -1.11. The molecule has 0 radical (unpaired) electrons. The third-order valence-electron chi connectivity index (χ3n) is 3.49. The van der Waals surface area contributed by atoms with Crippen molar-refractivity contribution < 1.29 is 19.3 Å². The van der Waals surface area contributed by atoms with Crippen LogP contribution in [0.4, 0.5) is 0 Å². The number of para-hydroxylation sites is 1. The maximum absolute atomic E-state index is 10.4. The molecule has 1 N–H and O–H groups in total. The van der Waals surface area contributed by atoms with Crippen LogP contribution in [0.5, 0.6) is 11.5 Å². The summed E-state index contributed by atoms with van der Waals surface area (Å²) in [5.74, 6) is 1.43. The number of benzene rings is 2. The second kappa shape index (κ2) is 6.16. The van der Waals surface area contributed by atoms with Crippen LogP contribution in [0.25, 0.3) is 0 Å². The van der Waals surface area contributed by atoms with Gasteiger partial charge in [-0.3, -0.25) is 0 Å². The molecule has 0 fully saturated rings. The van der Waals surface area contributed by atoms with Crippen LogP contribution in [0, 0.1) is 0 Å². The second-order valence-electron chi connectivity index (χ2n) is 5.03. The van der Waals surface area contributed by atoms with Gasteiger partial charge < -0.3 is 19.3 Å². The van der Waals surface area contributed by atoms with Crippen molar-refractivity contribution in [3.8, 4) is 11.5 Å². The highest BCUT2D eigenvalue weighted by Crippen LogP contribution is 2.33. The first kappa shape index (κ1) is 13.9. The summed E-state index contributed by atoms with van der Waals surface area (Å²) < 4.78 is 16.6. The minimum absolute atomic E-state index is 0.326. The first-order valence-corrected chi connectivity index (χ1v) is 6.92. The molecule has 21 heavy (non-hydrogen) atoms. The molecule has 0 saturated heterocycles. The first-order chi connectivity index (χ1) is 10.3. The first-order valence-electron chi connectivity index (χ1n) is 6.92. The van der Waals surface area contributed by atoms with Gasteiger partial charge in [-0.05, 0) is 23.8 Å². The molecule has 1 heterocycles.